The maximum Gasteiger partial charge on any atom is 0.137 e. The molecule has 0 bridgehead atoms. The molecule has 1 saturated carbocycles. The first-order valence-electron chi connectivity index (χ1n) is 6.90. The minimum absolute atomic E-state index is 0.575. The van der Waals surface area contributed by atoms with E-state index < -0.39 is 0 Å². The molecule has 0 saturated heterocycles. The standard InChI is InChI=1S/C15H19N3/c1-2-4-8-12(7-3-1)18-15-13-9-5-6-10-14(13)16-11-17-15/h5-6,9-12H,1-4,7-8H2,(H,16,17,18). The fourth-order valence-corrected chi connectivity index (χ4v) is 2.74. The highest BCUT2D eigenvalue weighted by atomic mass is 15.0. The smallest absolute Gasteiger partial charge is 0.137 e. The molecule has 1 aromatic heterocycles. The molecule has 0 spiro atoms. The molecular weight excluding hydrogens is 222 g/mol. The molecule has 2 aromatic rings. The molecule has 1 N–H and O–H groups in total. The van der Waals surface area contributed by atoms with Crippen LogP contribution in [0.15, 0.2) is 30.6 Å². The van der Waals surface area contributed by atoms with Gasteiger partial charge < -0.3 is 5.32 Å². The van der Waals surface area contributed by atoms with Crippen LogP contribution < -0.4 is 5.32 Å². The lowest BCUT2D eigenvalue weighted by molar-refractivity contribution is 0.618. The predicted octanol–water partition coefficient (Wildman–Crippen LogP) is 3.76. The monoisotopic (exact) mass is 241 g/mol. The van der Waals surface area contributed by atoms with Crippen molar-refractivity contribution in [2.24, 2.45) is 0 Å². The fraction of sp³-hybridized carbons (Fsp3) is 0.467. The van der Waals surface area contributed by atoms with Crippen molar-refractivity contribution in [1.29, 1.82) is 0 Å². The fourth-order valence-electron chi connectivity index (χ4n) is 2.74. The Morgan fingerprint density at radius 2 is 1.72 bits per heavy atom. The number of aromatic nitrogens is 2. The molecule has 0 radical (unpaired) electrons. The molecular formula is C15H19N3. The van der Waals surface area contributed by atoms with Crippen LogP contribution in [0.2, 0.25) is 0 Å². The zero-order chi connectivity index (χ0) is 12.2. The second-order valence-corrected chi connectivity index (χ2v) is 5.07. The number of rotatable bonds is 2. The van der Waals surface area contributed by atoms with Gasteiger partial charge in [-0.3, -0.25) is 0 Å². The molecule has 1 aliphatic carbocycles. The van der Waals surface area contributed by atoms with Crippen molar-refractivity contribution < 1.29 is 0 Å². The van der Waals surface area contributed by atoms with Gasteiger partial charge in [-0.2, -0.15) is 0 Å². The summed E-state index contributed by atoms with van der Waals surface area (Å²) in [5.74, 6) is 0.993. The van der Waals surface area contributed by atoms with Crippen molar-refractivity contribution in [1.82, 2.24) is 9.97 Å². The van der Waals surface area contributed by atoms with Crippen LogP contribution in [-0.2, 0) is 0 Å². The van der Waals surface area contributed by atoms with Crippen LogP contribution in [0, 0.1) is 0 Å². The van der Waals surface area contributed by atoms with E-state index >= 15 is 0 Å². The Bertz CT molecular complexity index is 511. The molecule has 1 aliphatic rings. The van der Waals surface area contributed by atoms with E-state index in [-0.39, 0.29) is 0 Å². The number of para-hydroxylation sites is 1. The number of nitrogens with one attached hydrogen (secondary N) is 1. The van der Waals surface area contributed by atoms with E-state index in [0.717, 1.165) is 16.7 Å². The molecule has 0 atom stereocenters. The average molecular weight is 241 g/mol. The highest BCUT2D eigenvalue weighted by Gasteiger charge is 2.13. The second kappa shape index (κ2) is 5.34. The van der Waals surface area contributed by atoms with Crippen LogP contribution in [0.1, 0.15) is 38.5 Å². The Balaban J connectivity index is 1.85. The number of nitrogens with zero attached hydrogens (tertiary/aromatic N) is 2. The summed E-state index contributed by atoms with van der Waals surface area (Å²) in [4.78, 5) is 8.71. The van der Waals surface area contributed by atoms with Gasteiger partial charge in [-0.05, 0) is 25.0 Å². The van der Waals surface area contributed by atoms with E-state index in [0.29, 0.717) is 6.04 Å². The number of benzene rings is 1. The van der Waals surface area contributed by atoms with Gasteiger partial charge in [-0.1, -0.05) is 37.8 Å². The van der Waals surface area contributed by atoms with Crippen LogP contribution in [0.4, 0.5) is 5.82 Å². The molecule has 1 aromatic carbocycles. The first kappa shape index (κ1) is 11.5. The summed E-state index contributed by atoms with van der Waals surface area (Å²) in [5, 5.41) is 4.74. The van der Waals surface area contributed by atoms with Crippen molar-refractivity contribution in [3.05, 3.63) is 30.6 Å². The zero-order valence-electron chi connectivity index (χ0n) is 10.6. The summed E-state index contributed by atoms with van der Waals surface area (Å²) in [6.07, 6.45) is 9.60. The van der Waals surface area contributed by atoms with Crippen LogP contribution in [0.5, 0.6) is 0 Å². The molecule has 3 rings (SSSR count). The number of hydrogen-bond donors (Lipinski definition) is 1. The minimum Gasteiger partial charge on any atom is -0.367 e. The van der Waals surface area contributed by atoms with Crippen LogP contribution >= 0.6 is 0 Å². The summed E-state index contributed by atoms with van der Waals surface area (Å²) in [6.45, 7) is 0. The Hall–Kier alpha value is -1.64. The molecule has 3 nitrogen and oxygen atoms in total. The third-order valence-electron chi connectivity index (χ3n) is 3.74. The van der Waals surface area contributed by atoms with Gasteiger partial charge >= 0.3 is 0 Å². The summed E-state index contributed by atoms with van der Waals surface area (Å²) in [6, 6.07) is 8.77. The van der Waals surface area contributed by atoms with Crippen molar-refractivity contribution in [3.63, 3.8) is 0 Å². The van der Waals surface area contributed by atoms with Crippen molar-refractivity contribution in [2.75, 3.05) is 5.32 Å². The van der Waals surface area contributed by atoms with E-state index in [9.17, 15) is 0 Å². The lowest BCUT2D eigenvalue weighted by atomic mass is 10.1. The normalized spacial score (nSPS) is 17.6. The molecule has 18 heavy (non-hydrogen) atoms. The maximum atomic E-state index is 4.41. The molecule has 3 heteroatoms. The van der Waals surface area contributed by atoms with Crippen molar-refractivity contribution in [3.8, 4) is 0 Å². The molecule has 0 unspecified atom stereocenters. The van der Waals surface area contributed by atoms with Crippen LogP contribution in [-0.4, -0.2) is 16.0 Å². The molecule has 0 aliphatic heterocycles. The maximum absolute atomic E-state index is 4.41. The molecule has 94 valence electrons. The summed E-state index contributed by atoms with van der Waals surface area (Å²) in [5.41, 5.74) is 1.02. The molecule has 0 amide bonds. The predicted molar refractivity (Wildman–Crippen MR) is 74.7 cm³/mol. The summed E-state index contributed by atoms with van der Waals surface area (Å²) >= 11 is 0. The first-order valence-corrected chi connectivity index (χ1v) is 6.90. The highest BCUT2D eigenvalue weighted by Crippen LogP contribution is 2.24. The molecule has 1 fully saturated rings. The van der Waals surface area contributed by atoms with Crippen LogP contribution in [0.25, 0.3) is 10.9 Å². The summed E-state index contributed by atoms with van der Waals surface area (Å²) in [7, 11) is 0. The molecule has 1 heterocycles. The van der Waals surface area contributed by atoms with E-state index in [2.05, 4.69) is 21.4 Å². The average Bonchev–Trinajstić information content (AvgIpc) is 2.68. The Labute approximate surface area is 108 Å². The van der Waals surface area contributed by atoms with Gasteiger partial charge in [0.2, 0.25) is 0 Å². The minimum atomic E-state index is 0.575. The Kier molecular flexibility index (Phi) is 3.40. The Morgan fingerprint density at radius 1 is 0.944 bits per heavy atom. The van der Waals surface area contributed by atoms with E-state index in [1.54, 1.807) is 6.33 Å². The van der Waals surface area contributed by atoms with Crippen LogP contribution in [0.3, 0.4) is 0 Å². The number of anilines is 1. The van der Waals surface area contributed by atoms with E-state index in [1.807, 2.05) is 18.2 Å². The van der Waals surface area contributed by atoms with Gasteiger partial charge in [-0.25, -0.2) is 9.97 Å². The van der Waals surface area contributed by atoms with Gasteiger partial charge in [0.15, 0.2) is 0 Å². The van der Waals surface area contributed by atoms with Gasteiger partial charge in [0, 0.05) is 11.4 Å². The lowest BCUT2D eigenvalue weighted by Gasteiger charge is -2.17. The Morgan fingerprint density at radius 3 is 2.56 bits per heavy atom. The van der Waals surface area contributed by atoms with E-state index in [1.165, 1.54) is 38.5 Å². The number of hydrogen-bond acceptors (Lipinski definition) is 3. The van der Waals surface area contributed by atoms with Crippen molar-refractivity contribution >= 4 is 16.7 Å². The SMILES string of the molecule is c1ccc2c(NC3CCCCCC3)ncnc2c1. The van der Waals surface area contributed by atoms with E-state index in [4.69, 9.17) is 0 Å². The highest BCUT2D eigenvalue weighted by molar-refractivity contribution is 5.88. The lowest BCUT2D eigenvalue weighted by Crippen LogP contribution is -2.19. The zero-order valence-corrected chi connectivity index (χ0v) is 10.6. The van der Waals surface area contributed by atoms with Gasteiger partial charge in [0.25, 0.3) is 0 Å². The second-order valence-electron chi connectivity index (χ2n) is 5.07. The van der Waals surface area contributed by atoms with Gasteiger partial charge in [-0.15, -0.1) is 0 Å². The largest absolute Gasteiger partial charge is 0.367 e. The third-order valence-corrected chi connectivity index (χ3v) is 3.74. The quantitative estimate of drug-likeness (QED) is 0.813. The third kappa shape index (κ3) is 2.45. The van der Waals surface area contributed by atoms with Gasteiger partial charge in [0.1, 0.15) is 12.1 Å². The number of fused-ring (bicyclic) bond motifs is 1. The van der Waals surface area contributed by atoms with Crippen molar-refractivity contribution in [2.45, 2.75) is 44.6 Å². The first-order chi connectivity index (χ1) is 8.93. The van der Waals surface area contributed by atoms with Gasteiger partial charge in [0.05, 0.1) is 5.52 Å². The summed E-state index contributed by atoms with van der Waals surface area (Å²) < 4.78 is 0. The topological polar surface area (TPSA) is 37.8 Å².